The van der Waals surface area contributed by atoms with Crippen molar-refractivity contribution in [3.8, 4) is 11.1 Å². The Morgan fingerprint density at radius 1 is 1.05 bits per heavy atom. The Kier molecular flexibility index (Phi) is 6.62. The standard InChI is InChI=1S/C28H29N5O4/c1-3-22-23(18-7-9-20(10-8-18)33-24(34)11-12-25(33)37-2)13-14-30-27(22)32-16-15-31(28(32)36)21-6-4-5-19(17-21)26(29)35/h4-10,13-14,17,25H,3,11-12,15-16H2,1-2H3,(H2,29,35)/t25-/m0/s1. The largest absolute Gasteiger partial charge is 0.366 e. The summed E-state index contributed by atoms with van der Waals surface area (Å²) in [5, 5.41) is 0. The number of anilines is 3. The molecule has 2 aromatic carbocycles. The molecular formula is C28H29N5O4. The maximum absolute atomic E-state index is 13.4. The smallest absolute Gasteiger partial charge is 0.330 e. The van der Waals surface area contributed by atoms with Gasteiger partial charge in [0.25, 0.3) is 0 Å². The lowest BCUT2D eigenvalue weighted by atomic mass is 9.98. The Bertz CT molecular complexity index is 1360. The van der Waals surface area contributed by atoms with E-state index in [0.29, 0.717) is 49.4 Å². The van der Waals surface area contributed by atoms with E-state index < -0.39 is 5.91 Å². The maximum atomic E-state index is 13.4. The lowest BCUT2D eigenvalue weighted by molar-refractivity contribution is -0.117. The first-order valence-electron chi connectivity index (χ1n) is 12.3. The summed E-state index contributed by atoms with van der Waals surface area (Å²) in [6, 6.07) is 16.4. The first kappa shape index (κ1) is 24.5. The highest BCUT2D eigenvalue weighted by atomic mass is 16.5. The van der Waals surface area contributed by atoms with Crippen molar-refractivity contribution in [1.29, 1.82) is 0 Å². The van der Waals surface area contributed by atoms with Gasteiger partial charge < -0.3 is 10.5 Å². The van der Waals surface area contributed by atoms with E-state index in [-0.39, 0.29) is 18.2 Å². The number of carbonyl (C=O) groups is 3. The van der Waals surface area contributed by atoms with Crippen molar-refractivity contribution in [3.05, 3.63) is 71.9 Å². The van der Waals surface area contributed by atoms with Crippen LogP contribution in [0, 0.1) is 0 Å². The molecular weight excluding hydrogens is 470 g/mol. The number of ether oxygens (including phenoxy) is 1. The third-order valence-electron chi connectivity index (χ3n) is 6.98. The van der Waals surface area contributed by atoms with E-state index in [9.17, 15) is 14.4 Å². The Balaban J connectivity index is 1.43. The SMILES string of the molecule is CCc1c(-c2ccc(N3C(=O)CC[C@@H]3OC)cc2)ccnc1N1CCN(c2cccc(C(N)=O)c2)C1=O. The number of benzene rings is 2. The number of hydrogen-bond acceptors (Lipinski definition) is 5. The van der Waals surface area contributed by atoms with Crippen molar-refractivity contribution in [2.24, 2.45) is 5.73 Å². The number of carbonyl (C=O) groups excluding carboxylic acids is 3. The van der Waals surface area contributed by atoms with Crippen LogP contribution in [0.4, 0.5) is 22.0 Å². The van der Waals surface area contributed by atoms with Crippen LogP contribution in [0.3, 0.4) is 0 Å². The molecule has 0 spiro atoms. The summed E-state index contributed by atoms with van der Waals surface area (Å²) in [5.41, 5.74) is 10.1. The van der Waals surface area contributed by atoms with Crippen LogP contribution in [0.1, 0.15) is 35.7 Å². The molecule has 3 aromatic rings. The predicted molar refractivity (Wildman–Crippen MR) is 142 cm³/mol. The monoisotopic (exact) mass is 499 g/mol. The number of methoxy groups -OCH3 is 1. The zero-order valence-corrected chi connectivity index (χ0v) is 20.9. The fourth-order valence-corrected chi connectivity index (χ4v) is 5.13. The summed E-state index contributed by atoms with van der Waals surface area (Å²) in [7, 11) is 1.62. The molecule has 190 valence electrons. The molecule has 9 nitrogen and oxygen atoms in total. The van der Waals surface area contributed by atoms with Crippen molar-refractivity contribution in [3.63, 3.8) is 0 Å². The fraction of sp³-hybridized carbons (Fsp3) is 0.286. The lowest BCUT2D eigenvalue weighted by Crippen LogP contribution is -2.34. The van der Waals surface area contributed by atoms with Crippen LogP contribution in [-0.4, -0.2) is 49.3 Å². The van der Waals surface area contributed by atoms with Gasteiger partial charge in [-0.1, -0.05) is 25.1 Å². The van der Waals surface area contributed by atoms with E-state index in [0.717, 1.165) is 22.4 Å². The van der Waals surface area contributed by atoms with Gasteiger partial charge in [0.15, 0.2) is 0 Å². The predicted octanol–water partition coefficient (Wildman–Crippen LogP) is 3.96. The minimum Gasteiger partial charge on any atom is -0.366 e. The van der Waals surface area contributed by atoms with Gasteiger partial charge in [-0.2, -0.15) is 0 Å². The Hall–Kier alpha value is -4.24. The summed E-state index contributed by atoms with van der Waals surface area (Å²) >= 11 is 0. The number of pyridine rings is 1. The number of rotatable bonds is 7. The second-order valence-electron chi connectivity index (χ2n) is 9.05. The topological polar surface area (TPSA) is 109 Å². The van der Waals surface area contributed by atoms with Gasteiger partial charge in [-0.25, -0.2) is 9.78 Å². The van der Waals surface area contributed by atoms with Crippen molar-refractivity contribution in [2.45, 2.75) is 32.4 Å². The molecule has 37 heavy (non-hydrogen) atoms. The molecule has 0 aliphatic carbocycles. The quantitative estimate of drug-likeness (QED) is 0.529. The highest BCUT2D eigenvalue weighted by molar-refractivity contribution is 6.07. The van der Waals surface area contributed by atoms with Gasteiger partial charge in [-0.15, -0.1) is 0 Å². The van der Waals surface area contributed by atoms with Crippen LogP contribution < -0.4 is 20.4 Å². The van der Waals surface area contributed by atoms with Gasteiger partial charge in [0.2, 0.25) is 11.8 Å². The number of nitrogens with zero attached hydrogens (tertiary/aromatic N) is 4. The first-order chi connectivity index (χ1) is 17.9. The number of hydrogen-bond donors (Lipinski definition) is 1. The fourth-order valence-electron chi connectivity index (χ4n) is 5.13. The second kappa shape index (κ2) is 10.0. The molecule has 1 aromatic heterocycles. The Labute approximate surface area is 215 Å². The zero-order valence-electron chi connectivity index (χ0n) is 20.9. The molecule has 0 saturated carbocycles. The van der Waals surface area contributed by atoms with E-state index in [1.54, 1.807) is 52.3 Å². The molecule has 2 saturated heterocycles. The highest BCUT2D eigenvalue weighted by Crippen LogP contribution is 2.35. The molecule has 2 fully saturated rings. The van der Waals surface area contributed by atoms with Crippen LogP contribution in [0.2, 0.25) is 0 Å². The van der Waals surface area contributed by atoms with Crippen molar-refractivity contribution in [2.75, 3.05) is 34.9 Å². The molecule has 2 aliphatic rings. The number of nitrogens with two attached hydrogens (primary N) is 1. The third kappa shape index (κ3) is 4.42. The van der Waals surface area contributed by atoms with E-state index in [2.05, 4.69) is 4.98 Å². The molecule has 4 amide bonds. The number of primary amides is 1. The van der Waals surface area contributed by atoms with Crippen molar-refractivity contribution < 1.29 is 19.1 Å². The minimum absolute atomic E-state index is 0.0542. The molecule has 0 bridgehead atoms. The lowest BCUT2D eigenvalue weighted by Gasteiger charge is -2.24. The summed E-state index contributed by atoms with van der Waals surface area (Å²) in [6.45, 7) is 2.98. The van der Waals surface area contributed by atoms with Crippen LogP contribution in [0.25, 0.3) is 11.1 Å². The molecule has 0 unspecified atom stereocenters. The first-order valence-corrected chi connectivity index (χ1v) is 12.3. The van der Waals surface area contributed by atoms with Gasteiger partial charge in [-0.3, -0.25) is 24.3 Å². The Morgan fingerprint density at radius 3 is 2.51 bits per heavy atom. The minimum atomic E-state index is -0.536. The summed E-state index contributed by atoms with van der Waals surface area (Å²) in [4.78, 5) is 47.0. The molecule has 2 N–H and O–H groups in total. The van der Waals surface area contributed by atoms with Crippen LogP contribution in [0.5, 0.6) is 0 Å². The average Bonchev–Trinajstić information content (AvgIpc) is 3.50. The zero-order chi connectivity index (χ0) is 26.1. The van der Waals surface area contributed by atoms with E-state index >= 15 is 0 Å². The van der Waals surface area contributed by atoms with Crippen LogP contribution in [-0.2, 0) is 16.0 Å². The van der Waals surface area contributed by atoms with Gasteiger partial charge in [0.05, 0.1) is 0 Å². The van der Waals surface area contributed by atoms with Crippen LogP contribution in [0.15, 0.2) is 60.8 Å². The number of urea groups is 1. The molecule has 3 heterocycles. The maximum Gasteiger partial charge on any atom is 0.330 e. The Morgan fingerprint density at radius 2 is 1.81 bits per heavy atom. The van der Waals surface area contributed by atoms with Gasteiger partial charge >= 0.3 is 6.03 Å². The number of aromatic nitrogens is 1. The van der Waals surface area contributed by atoms with Crippen LogP contribution >= 0.6 is 0 Å². The normalized spacial score (nSPS) is 17.7. The van der Waals surface area contributed by atoms with Gasteiger partial charge in [-0.05, 0) is 53.9 Å². The van der Waals surface area contributed by atoms with Crippen molar-refractivity contribution >= 4 is 35.0 Å². The van der Waals surface area contributed by atoms with E-state index in [1.165, 1.54) is 0 Å². The molecule has 5 rings (SSSR count). The summed E-state index contributed by atoms with van der Waals surface area (Å²) < 4.78 is 5.47. The molecule has 1 atom stereocenters. The van der Waals surface area contributed by atoms with E-state index in [4.69, 9.17) is 10.5 Å². The molecule has 2 aliphatic heterocycles. The second-order valence-corrected chi connectivity index (χ2v) is 9.05. The van der Waals surface area contributed by atoms with Gasteiger partial charge in [0.1, 0.15) is 12.0 Å². The van der Waals surface area contributed by atoms with E-state index in [1.807, 2.05) is 37.3 Å². The third-order valence-corrected chi connectivity index (χ3v) is 6.98. The molecule has 9 heteroatoms. The van der Waals surface area contributed by atoms with Crippen molar-refractivity contribution in [1.82, 2.24) is 4.98 Å². The average molecular weight is 500 g/mol. The highest BCUT2D eigenvalue weighted by Gasteiger charge is 2.34. The number of amides is 4. The van der Waals surface area contributed by atoms with Gasteiger partial charge in [0, 0.05) is 61.7 Å². The summed E-state index contributed by atoms with van der Waals surface area (Å²) in [5.74, 6) is 0.140. The molecule has 0 radical (unpaired) electrons. The summed E-state index contributed by atoms with van der Waals surface area (Å²) in [6.07, 6.45) is 3.30.